The van der Waals surface area contributed by atoms with Gasteiger partial charge in [0.05, 0.1) is 0 Å². The van der Waals surface area contributed by atoms with Crippen molar-refractivity contribution in [3.8, 4) is 0 Å². The van der Waals surface area contributed by atoms with Crippen molar-refractivity contribution < 1.29 is 0 Å². The topological polar surface area (TPSA) is 12.4 Å². The first kappa shape index (κ1) is 10.7. The van der Waals surface area contributed by atoms with Gasteiger partial charge in [-0.3, -0.25) is 4.99 Å². The Morgan fingerprint density at radius 3 is 2.43 bits per heavy atom. The van der Waals surface area contributed by atoms with Crippen molar-refractivity contribution in [2.24, 2.45) is 4.99 Å². The van der Waals surface area contributed by atoms with E-state index in [1.165, 1.54) is 16.7 Å². The summed E-state index contributed by atoms with van der Waals surface area (Å²) in [4.78, 5) is 4.25. The van der Waals surface area contributed by atoms with Crippen LogP contribution in [0.15, 0.2) is 35.3 Å². The summed E-state index contributed by atoms with van der Waals surface area (Å²) in [7, 11) is 0. The van der Waals surface area contributed by atoms with Crippen molar-refractivity contribution in [3.63, 3.8) is 0 Å². The Bertz CT molecular complexity index is 331. The standard InChI is InChI=1S/C13H17N/c1-4-12(10-14-5-2)13-8-6-11(3)7-9-13/h4,6-10H,5H2,1-3H3/b12-4+,14-10?. The van der Waals surface area contributed by atoms with Crippen molar-refractivity contribution in [2.45, 2.75) is 20.8 Å². The zero-order valence-corrected chi connectivity index (χ0v) is 9.12. The summed E-state index contributed by atoms with van der Waals surface area (Å²) in [6.07, 6.45) is 4.02. The van der Waals surface area contributed by atoms with E-state index in [0.717, 1.165) is 6.54 Å². The number of allylic oxidation sites excluding steroid dienone is 2. The molecule has 0 aliphatic rings. The van der Waals surface area contributed by atoms with Gasteiger partial charge in [-0.25, -0.2) is 0 Å². The normalized spacial score (nSPS) is 12.4. The SMILES string of the molecule is C/C=C(\C=NCC)c1ccc(C)cc1. The van der Waals surface area contributed by atoms with Crippen LogP contribution in [0.5, 0.6) is 0 Å². The Balaban J connectivity index is 2.91. The molecule has 0 aliphatic carbocycles. The second kappa shape index (κ2) is 5.38. The molecular weight excluding hydrogens is 170 g/mol. The quantitative estimate of drug-likeness (QED) is 0.642. The summed E-state index contributed by atoms with van der Waals surface area (Å²) < 4.78 is 0. The summed E-state index contributed by atoms with van der Waals surface area (Å²) in [5, 5.41) is 0. The zero-order valence-electron chi connectivity index (χ0n) is 9.12. The molecule has 0 amide bonds. The molecule has 1 aromatic carbocycles. The Hall–Kier alpha value is -1.37. The lowest BCUT2D eigenvalue weighted by Crippen LogP contribution is -1.86. The maximum atomic E-state index is 4.25. The van der Waals surface area contributed by atoms with Gasteiger partial charge >= 0.3 is 0 Å². The number of aryl methyl sites for hydroxylation is 1. The van der Waals surface area contributed by atoms with Crippen LogP contribution in [0.3, 0.4) is 0 Å². The van der Waals surface area contributed by atoms with Crippen molar-refractivity contribution in [2.75, 3.05) is 6.54 Å². The van der Waals surface area contributed by atoms with E-state index in [1.54, 1.807) is 0 Å². The minimum atomic E-state index is 0.837. The fourth-order valence-electron chi connectivity index (χ4n) is 1.25. The highest BCUT2D eigenvalue weighted by atomic mass is 14.7. The molecule has 1 heteroatoms. The number of hydrogen-bond donors (Lipinski definition) is 0. The van der Waals surface area contributed by atoms with Crippen LogP contribution in [0.25, 0.3) is 5.57 Å². The van der Waals surface area contributed by atoms with E-state index in [9.17, 15) is 0 Å². The van der Waals surface area contributed by atoms with Gasteiger partial charge in [0.2, 0.25) is 0 Å². The average molecular weight is 187 g/mol. The van der Waals surface area contributed by atoms with Crippen LogP contribution >= 0.6 is 0 Å². The van der Waals surface area contributed by atoms with Gasteiger partial charge < -0.3 is 0 Å². The fraction of sp³-hybridized carbons (Fsp3) is 0.308. The van der Waals surface area contributed by atoms with Crippen molar-refractivity contribution in [1.29, 1.82) is 0 Å². The molecule has 0 radical (unpaired) electrons. The minimum absolute atomic E-state index is 0.837. The molecule has 0 bridgehead atoms. The third kappa shape index (κ3) is 2.84. The van der Waals surface area contributed by atoms with Gasteiger partial charge in [-0.2, -0.15) is 0 Å². The Morgan fingerprint density at radius 2 is 1.93 bits per heavy atom. The van der Waals surface area contributed by atoms with E-state index >= 15 is 0 Å². The summed E-state index contributed by atoms with van der Waals surface area (Å²) >= 11 is 0. The molecule has 1 nitrogen and oxygen atoms in total. The van der Waals surface area contributed by atoms with Crippen molar-refractivity contribution in [1.82, 2.24) is 0 Å². The van der Waals surface area contributed by atoms with Crippen LogP contribution in [0.4, 0.5) is 0 Å². The van der Waals surface area contributed by atoms with Crippen LogP contribution in [0.1, 0.15) is 25.0 Å². The second-order valence-electron chi connectivity index (χ2n) is 3.24. The molecule has 0 spiro atoms. The molecule has 0 aromatic heterocycles. The van der Waals surface area contributed by atoms with E-state index in [0.29, 0.717) is 0 Å². The molecule has 0 N–H and O–H groups in total. The highest BCUT2D eigenvalue weighted by Crippen LogP contribution is 2.12. The van der Waals surface area contributed by atoms with Crippen LogP contribution in [-0.2, 0) is 0 Å². The molecule has 0 unspecified atom stereocenters. The van der Waals surface area contributed by atoms with E-state index in [-0.39, 0.29) is 0 Å². The summed E-state index contributed by atoms with van der Waals surface area (Å²) in [5.74, 6) is 0. The monoisotopic (exact) mass is 187 g/mol. The number of rotatable bonds is 3. The van der Waals surface area contributed by atoms with Gasteiger partial charge in [0.1, 0.15) is 0 Å². The molecule has 74 valence electrons. The molecule has 1 aromatic rings. The maximum absolute atomic E-state index is 4.25. The summed E-state index contributed by atoms with van der Waals surface area (Å²) in [6, 6.07) is 8.51. The molecule has 1 rings (SSSR count). The van der Waals surface area contributed by atoms with E-state index in [4.69, 9.17) is 0 Å². The van der Waals surface area contributed by atoms with Gasteiger partial charge in [-0.15, -0.1) is 0 Å². The number of nitrogens with zero attached hydrogens (tertiary/aromatic N) is 1. The lowest BCUT2D eigenvalue weighted by molar-refractivity contribution is 1.14. The van der Waals surface area contributed by atoms with Gasteiger partial charge in [0, 0.05) is 12.8 Å². The molecule has 0 aliphatic heterocycles. The highest BCUT2D eigenvalue weighted by molar-refractivity contribution is 6.09. The first-order chi connectivity index (χ1) is 6.77. The highest BCUT2D eigenvalue weighted by Gasteiger charge is 1.95. The van der Waals surface area contributed by atoms with E-state index in [2.05, 4.69) is 42.3 Å². The predicted molar refractivity (Wildman–Crippen MR) is 63.9 cm³/mol. The van der Waals surface area contributed by atoms with Crippen LogP contribution in [0, 0.1) is 6.92 Å². The third-order valence-corrected chi connectivity index (χ3v) is 2.11. The van der Waals surface area contributed by atoms with Gasteiger partial charge in [-0.1, -0.05) is 35.9 Å². The largest absolute Gasteiger partial charge is 0.293 e. The Kier molecular flexibility index (Phi) is 4.11. The van der Waals surface area contributed by atoms with Crippen LogP contribution in [-0.4, -0.2) is 12.8 Å². The Morgan fingerprint density at radius 1 is 1.29 bits per heavy atom. The molecule has 14 heavy (non-hydrogen) atoms. The van der Waals surface area contributed by atoms with Crippen molar-refractivity contribution in [3.05, 3.63) is 41.5 Å². The zero-order chi connectivity index (χ0) is 10.4. The number of benzene rings is 1. The van der Waals surface area contributed by atoms with Gasteiger partial charge in [0.25, 0.3) is 0 Å². The molecule has 0 saturated carbocycles. The predicted octanol–water partition coefficient (Wildman–Crippen LogP) is 3.49. The van der Waals surface area contributed by atoms with E-state index in [1.807, 2.05) is 20.1 Å². The fourth-order valence-corrected chi connectivity index (χ4v) is 1.25. The number of aliphatic imine (C=N–C) groups is 1. The third-order valence-electron chi connectivity index (χ3n) is 2.11. The molecule has 0 saturated heterocycles. The van der Waals surface area contributed by atoms with Crippen molar-refractivity contribution >= 4 is 11.8 Å². The summed E-state index contributed by atoms with van der Waals surface area (Å²) in [5.41, 5.74) is 3.71. The molecule has 0 atom stereocenters. The first-order valence-corrected chi connectivity index (χ1v) is 5.01. The maximum Gasteiger partial charge on any atom is 0.0361 e. The number of hydrogen-bond acceptors (Lipinski definition) is 1. The van der Waals surface area contributed by atoms with Gasteiger partial charge in [0.15, 0.2) is 0 Å². The lowest BCUT2D eigenvalue weighted by atomic mass is 10.1. The van der Waals surface area contributed by atoms with E-state index < -0.39 is 0 Å². The average Bonchev–Trinajstić information content (AvgIpc) is 2.21. The second-order valence-corrected chi connectivity index (χ2v) is 3.24. The molecule has 0 fully saturated rings. The molecular formula is C13H17N. The Labute approximate surface area is 86.2 Å². The van der Waals surface area contributed by atoms with Crippen LogP contribution in [0.2, 0.25) is 0 Å². The first-order valence-electron chi connectivity index (χ1n) is 5.01. The summed E-state index contributed by atoms with van der Waals surface area (Å²) in [6.45, 7) is 7.01. The van der Waals surface area contributed by atoms with Crippen LogP contribution < -0.4 is 0 Å². The smallest absolute Gasteiger partial charge is 0.0361 e. The molecule has 0 heterocycles. The minimum Gasteiger partial charge on any atom is -0.293 e. The van der Waals surface area contributed by atoms with Gasteiger partial charge in [-0.05, 0) is 31.9 Å². The lowest BCUT2D eigenvalue weighted by Gasteiger charge is -2.01.